The van der Waals surface area contributed by atoms with Gasteiger partial charge in [0.2, 0.25) is 0 Å². The third-order valence-corrected chi connectivity index (χ3v) is 21.6. The average Bonchev–Trinajstić information content (AvgIpc) is 1.58. The molecule has 458 valence electrons. The maximum Gasteiger partial charge on any atom is 0.187 e. The highest BCUT2D eigenvalue weighted by atomic mass is 32.1. The molecule has 0 amide bonds. The van der Waals surface area contributed by atoms with Crippen LogP contribution in [0.3, 0.4) is 0 Å². The van der Waals surface area contributed by atoms with E-state index in [4.69, 9.17) is 21.5 Å². The fourth-order valence-electron chi connectivity index (χ4n) is 14.0. The summed E-state index contributed by atoms with van der Waals surface area (Å²) in [6, 6.07) is 80.5. The molecule has 0 saturated carbocycles. The van der Waals surface area contributed by atoms with E-state index in [-0.39, 0.29) is 21.7 Å². The summed E-state index contributed by atoms with van der Waals surface area (Å²) in [5, 5.41) is 9.90. The topological polar surface area (TPSA) is 52.9 Å². The van der Waals surface area contributed by atoms with Gasteiger partial charge in [-0.2, -0.15) is 0 Å². The van der Waals surface area contributed by atoms with Crippen LogP contribution < -0.4 is 0 Å². The van der Waals surface area contributed by atoms with Crippen molar-refractivity contribution in [3.05, 3.63) is 252 Å². The number of fused-ring (bicyclic) bond motifs is 14. The van der Waals surface area contributed by atoms with Crippen LogP contribution in [-0.4, -0.2) is 24.1 Å². The van der Waals surface area contributed by atoms with E-state index in [1.54, 1.807) is 0 Å². The van der Waals surface area contributed by atoms with E-state index in [1.165, 1.54) is 84.1 Å². The van der Waals surface area contributed by atoms with Crippen LogP contribution >= 0.6 is 22.7 Å². The molecule has 0 radical (unpaired) electrons. The molecule has 0 N–H and O–H groups in total. The molecule has 0 aliphatic heterocycles. The summed E-state index contributed by atoms with van der Waals surface area (Å²) in [5.41, 5.74) is 18.1. The fourth-order valence-corrected chi connectivity index (χ4v) is 16.5. The van der Waals surface area contributed by atoms with E-state index in [1.807, 2.05) is 40.9 Å². The third kappa shape index (κ3) is 9.81. The first kappa shape index (κ1) is 59.0. The second kappa shape index (κ2) is 21.5. The number of para-hydroxylation sites is 2. The number of hydrogen-bond acceptors (Lipinski definition) is 5. The van der Waals surface area contributed by atoms with Crippen molar-refractivity contribution >= 4 is 112 Å². The summed E-state index contributed by atoms with van der Waals surface area (Å²) in [5.74, 6) is 1.83. The number of thiophene rings is 2. The predicted octanol–water partition coefficient (Wildman–Crippen LogP) is 24.9. The van der Waals surface area contributed by atoms with Gasteiger partial charge in [-0.3, -0.25) is 0 Å². The lowest BCUT2D eigenvalue weighted by molar-refractivity contribution is 0.568. The van der Waals surface area contributed by atoms with Crippen LogP contribution in [0.25, 0.3) is 157 Å². The summed E-state index contributed by atoms with van der Waals surface area (Å²) < 4.78 is 10.1. The standard InChI is InChI=1S/C86H72N6S2/c1-83(2,3)55-41-53(42-56(48-55)84(4,5)6)81-88-80(89-82(90-81)54-43-57(85(7,8)9)49-58(44-54)86(10,11)12)52-34-38-70(91-68-29-18-14-27-65(68)76-71(91)39-36-63-61-25-16-20-31-74(61)93-78(63)76)67(46-52)60-35-33-51(50-23-22-24-59(45-50)87-13)47-73(60)92-69-30-19-15-28-66(69)77-72(92)40-37-64-62-26-17-21-32-75(62)94-79(64)77/h14-49H,1-12H3. The minimum Gasteiger partial charge on any atom is -0.309 e. The van der Waals surface area contributed by atoms with Crippen LogP contribution in [-0.2, 0) is 21.7 Å². The Bertz CT molecular complexity index is 5710. The van der Waals surface area contributed by atoms with Crippen LogP contribution in [0.15, 0.2) is 218 Å². The SMILES string of the molecule is [C-]#[N+]c1cccc(-c2ccc(-c3cc(-c4nc(-c5cc(C(C)(C)C)cc(C(C)(C)C)c5)nc(-c5cc(C(C)(C)C)cc(C(C)(C)C)c5)n4)ccc3-n3c4ccccc4c4c5sc6ccccc6c5ccc43)c(-n3c4ccccc4c4c5sc6ccccc6c5ccc43)c2)c1. The number of benzene rings is 11. The molecule has 8 heteroatoms. The molecule has 0 spiro atoms. The normalized spacial score (nSPS) is 12.7. The van der Waals surface area contributed by atoms with Gasteiger partial charge < -0.3 is 9.13 Å². The van der Waals surface area contributed by atoms with Crippen molar-refractivity contribution in [3.8, 4) is 67.8 Å². The monoisotopic (exact) mass is 1250 g/mol. The van der Waals surface area contributed by atoms with E-state index in [9.17, 15) is 0 Å². The first-order valence-corrected chi connectivity index (χ1v) is 34.2. The van der Waals surface area contributed by atoms with E-state index in [0.717, 1.165) is 72.4 Å². The Labute approximate surface area is 557 Å². The van der Waals surface area contributed by atoms with Crippen molar-refractivity contribution in [2.75, 3.05) is 0 Å². The molecule has 16 rings (SSSR count). The van der Waals surface area contributed by atoms with Crippen LogP contribution in [0.2, 0.25) is 0 Å². The first-order chi connectivity index (χ1) is 45.0. The van der Waals surface area contributed by atoms with Crippen LogP contribution in [0.4, 0.5) is 5.69 Å². The summed E-state index contributed by atoms with van der Waals surface area (Å²) in [4.78, 5) is 20.9. The Hall–Kier alpha value is -10.0. The highest BCUT2D eigenvalue weighted by Gasteiger charge is 2.29. The lowest BCUT2D eigenvalue weighted by Gasteiger charge is -2.26. The molecular weight excluding hydrogens is 1180 g/mol. The van der Waals surface area contributed by atoms with Gasteiger partial charge in [-0.05, 0) is 146 Å². The van der Waals surface area contributed by atoms with Crippen molar-refractivity contribution < 1.29 is 0 Å². The van der Waals surface area contributed by atoms with E-state index in [0.29, 0.717) is 23.2 Å². The van der Waals surface area contributed by atoms with Gasteiger partial charge in [-0.1, -0.05) is 210 Å². The fraction of sp³-hybridized carbons (Fsp3) is 0.186. The lowest BCUT2D eigenvalue weighted by atomic mass is 9.79. The van der Waals surface area contributed by atoms with Crippen molar-refractivity contribution in [1.82, 2.24) is 24.1 Å². The highest BCUT2D eigenvalue weighted by Crippen LogP contribution is 2.49. The van der Waals surface area contributed by atoms with Gasteiger partial charge in [0.1, 0.15) is 0 Å². The summed E-state index contributed by atoms with van der Waals surface area (Å²) in [7, 11) is 0. The Morgan fingerprint density at radius 2 is 0.745 bits per heavy atom. The van der Waals surface area contributed by atoms with Gasteiger partial charge in [0.15, 0.2) is 23.2 Å². The smallest absolute Gasteiger partial charge is 0.187 e. The molecule has 0 atom stereocenters. The average molecular weight is 1250 g/mol. The third-order valence-electron chi connectivity index (χ3n) is 19.2. The molecule has 0 saturated heterocycles. The Balaban J connectivity index is 1.04. The molecular formula is C86H72N6S2. The van der Waals surface area contributed by atoms with Crippen LogP contribution in [0.1, 0.15) is 105 Å². The lowest BCUT2D eigenvalue weighted by Crippen LogP contribution is -2.17. The highest BCUT2D eigenvalue weighted by molar-refractivity contribution is 7.27. The zero-order valence-corrected chi connectivity index (χ0v) is 56.9. The Morgan fingerprint density at radius 3 is 1.22 bits per heavy atom. The van der Waals surface area contributed by atoms with Gasteiger partial charge in [0.25, 0.3) is 0 Å². The molecule has 0 unspecified atom stereocenters. The molecule has 16 aromatic rings. The molecule has 0 bridgehead atoms. The maximum absolute atomic E-state index is 8.13. The van der Waals surface area contributed by atoms with Crippen molar-refractivity contribution in [3.63, 3.8) is 0 Å². The predicted molar refractivity (Wildman–Crippen MR) is 403 cm³/mol. The summed E-state index contributed by atoms with van der Waals surface area (Å²) in [6.45, 7) is 35.6. The van der Waals surface area contributed by atoms with Crippen molar-refractivity contribution in [2.24, 2.45) is 0 Å². The molecule has 0 fully saturated rings. The van der Waals surface area contributed by atoms with Gasteiger partial charge in [0.05, 0.1) is 40.0 Å². The molecule has 11 aromatic carbocycles. The Kier molecular flexibility index (Phi) is 13.5. The van der Waals surface area contributed by atoms with Gasteiger partial charge in [-0.15, -0.1) is 22.7 Å². The van der Waals surface area contributed by atoms with Gasteiger partial charge in [-0.25, -0.2) is 19.8 Å². The van der Waals surface area contributed by atoms with E-state index < -0.39 is 0 Å². The van der Waals surface area contributed by atoms with E-state index >= 15 is 0 Å². The van der Waals surface area contributed by atoms with Gasteiger partial charge >= 0.3 is 0 Å². The molecule has 0 aliphatic carbocycles. The second-order valence-corrected chi connectivity index (χ2v) is 31.7. The molecule has 0 aliphatic rings. The number of hydrogen-bond donors (Lipinski definition) is 0. The van der Waals surface area contributed by atoms with Crippen LogP contribution in [0, 0.1) is 6.57 Å². The first-order valence-electron chi connectivity index (χ1n) is 32.6. The van der Waals surface area contributed by atoms with Gasteiger partial charge in [0, 0.05) is 89.7 Å². The number of aromatic nitrogens is 5. The number of rotatable bonds is 7. The molecule has 6 nitrogen and oxygen atoms in total. The summed E-state index contributed by atoms with van der Waals surface area (Å²) in [6.07, 6.45) is 0. The molecule has 94 heavy (non-hydrogen) atoms. The summed E-state index contributed by atoms with van der Waals surface area (Å²) >= 11 is 3.74. The largest absolute Gasteiger partial charge is 0.309 e. The van der Waals surface area contributed by atoms with Crippen molar-refractivity contribution in [2.45, 2.75) is 105 Å². The minimum absolute atomic E-state index is 0.148. The molecule has 5 heterocycles. The maximum atomic E-state index is 8.13. The van der Waals surface area contributed by atoms with Crippen molar-refractivity contribution in [1.29, 1.82) is 0 Å². The number of nitrogens with zero attached hydrogens (tertiary/aromatic N) is 6. The minimum atomic E-state index is -0.148. The van der Waals surface area contributed by atoms with Crippen LogP contribution in [0.5, 0.6) is 0 Å². The van der Waals surface area contributed by atoms with E-state index in [2.05, 4.69) is 297 Å². The second-order valence-electron chi connectivity index (χ2n) is 29.6. The quantitative estimate of drug-likeness (QED) is 0.149. The molecule has 5 aromatic heterocycles. The zero-order chi connectivity index (χ0) is 64.9. The zero-order valence-electron chi connectivity index (χ0n) is 55.3. The Morgan fingerprint density at radius 1 is 0.319 bits per heavy atom.